The summed E-state index contributed by atoms with van der Waals surface area (Å²) >= 11 is 0. The quantitative estimate of drug-likeness (QED) is 0.883. The lowest BCUT2D eigenvalue weighted by atomic mass is 10.2. The molecule has 2 heterocycles. The summed E-state index contributed by atoms with van der Waals surface area (Å²) in [6, 6.07) is 12.4. The third-order valence-corrected chi connectivity index (χ3v) is 3.48. The standard InChI is InChI=1S/C15H19N5/c16-13-7-9-20(11-13)14-6-8-17-15(19-14)18-10-12-4-2-1-3-5-12/h1-6,8,13H,7,9-11,16H2,(H,17,18,19)/t13-/m1/s1. The maximum Gasteiger partial charge on any atom is 0.224 e. The van der Waals surface area contributed by atoms with Crippen molar-refractivity contribution in [3.8, 4) is 0 Å². The molecule has 0 aliphatic carbocycles. The van der Waals surface area contributed by atoms with Crippen LogP contribution in [-0.2, 0) is 6.54 Å². The molecule has 1 aromatic heterocycles. The van der Waals surface area contributed by atoms with E-state index in [1.807, 2.05) is 24.3 Å². The molecule has 20 heavy (non-hydrogen) atoms. The second-order valence-corrected chi connectivity index (χ2v) is 5.07. The fourth-order valence-corrected chi connectivity index (χ4v) is 2.38. The molecule has 5 nitrogen and oxygen atoms in total. The molecule has 0 saturated carbocycles. The highest BCUT2D eigenvalue weighted by atomic mass is 15.2. The van der Waals surface area contributed by atoms with Gasteiger partial charge in [-0.15, -0.1) is 0 Å². The summed E-state index contributed by atoms with van der Waals surface area (Å²) in [5, 5.41) is 3.26. The van der Waals surface area contributed by atoms with Crippen LogP contribution in [0.3, 0.4) is 0 Å². The molecule has 3 rings (SSSR count). The summed E-state index contributed by atoms with van der Waals surface area (Å²) in [5.41, 5.74) is 7.15. The van der Waals surface area contributed by atoms with Crippen LogP contribution >= 0.6 is 0 Å². The van der Waals surface area contributed by atoms with Crippen LogP contribution in [0.25, 0.3) is 0 Å². The molecule has 1 saturated heterocycles. The molecule has 104 valence electrons. The van der Waals surface area contributed by atoms with E-state index in [4.69, 9.17) is 5.73 Å². The minimum Gasteiger partial charge on any atom is -0.355 e. The molecule has 0 spiro atoms. The number of hydrogen-bond acceptors (Lipinski definition) is 5. The summed E-state index contributed by atoms with van der Waals surface area (Å²) in [4.78, 5) is 11.0. The first-order valence-electron chi connectivity index (χ1n) is 6.92. The Hall–Kier alpha value is -2.14. The van der Waals surface area contributed by atoms with Gasteiger partial charge in [-0.25, -0.2) is 4.98 Å². The molecule has 0 radical (unpaired) electrons. The van der Waals surface area contributed by atoms with Crippen LogP contribution in [0.1, 0.15) is 12.0 Å². The zero-order chi connectivity index (χ0) is 13.8. The van der Waals surface area contributed by atoms with Gasteiger partial charge in [0.25, 0.3) is 0 Å². The van der Waals surface area contributed by atoms with E-state index in [2.05, 4.69) is 32.3 Å². The number of benzene rings is 1. The molecule has 1 fully saturated rings. The molecular formula is C15H19N5. The summed E-state index contributed by atoms with van der Waals surface area (Å²) in [7, 11) is 0. The Kier molecular flexibility index (Phi) is 3.78. The van der Waals surface area contributed by atoms with E-state index < -0.39 is 0 Å². The molecule has 2 aromatic rings. The Morgan fingerprint density at radius 3 is 2.85 bits per heavy atom. The third-order valence-electron chi connectivity index (χ3n) is 3.48. The monoisotopic (exact) mass is 269 g/mol. The largest absolute Gasteiger partial charge is 0.355 e. The number of nitrogens with two attached hydrogens (primary N) is 1. The average molecular weight is 269 g/mol. The van der Waals surface area contributed by atoms with E-state index in [9.17, 15) is 0 Å². The second-order valence-electron chi connectivity index (χ2n) is 5.07. The van der Waals surface area contributed by atoms with Crippen molar-refractivity contribution in [1.29, 1.82) is 0 Å². The van der Waals surface area contributed by atoms with E-state index in [0.29, 0.717) is 5.95 Å². The lowest BCUT2D eigenvalue weighted by Gasteiger charge is -2.17. The minimum atomic E-state index is 0.255. The average Bonchev–Trinajstić information content (AvgIpc) is 2.93. The minimum absolute atomic E-state index is 0.255. The zero-order valence-corrected chi connectivity index (χ0v) is 11.4. The highest BCUT2D eigenvalue weighted by molar-refractivity contribution is 5.44. The molecule has 0 bridgehead atoms. The SMILES string of the molecule is N[C@@H]1CCN(c2ccnc(NCc3ccccc3)n2)C1. The zero-order valence-electron chi connectivity index (χ0n) is 11.4. The van der Waals surface area contributed by atoms with Crippen molar-refractivity contribution in [3.05, 3.63) is 48.2 Å². The van der Waals surface area contributed by atoms with Gasteiger partial charge in [0.05, 0.1) is 0 Å². The van der Waals surface area contributed by atoms with Crippen molar-refractivity contribution in [3.63, 3.8) is 0 Å². The van der Waals surface area contributed by atoms with E-state index in [0.717, 1.165) is 31.9 Å². The maximum atomic E-state index is 5.93. The second kappa shape index (κ2) is 5.88. The number of hydrogen-bond donors (Lipinski definition) is 2. The summed E-state index contributed by atoms with van der Waals surface area (Å²) in [6.07, 6.45) is 2.82. The van der Waals surface area contributed by atoms with Crippen LogP contribution in [0.4, 0.5) is 11.8 Å². The number of anilines is 2. The van der Waals surface area contributed by atoms with Gasteiger partial charge >= 0.3 is 0 Å². The van der Waals surface area contributed by atoms with Crippen LogP contribution in [0.15, 0.2) is 42.6 Å². The first-order chi connectivity index (χ1) is 9.81. The van der Waals surface area contributed by atoms with Crippen molar-refractivity contribution in [2.45, 2.75) is 19.0 Å². The molecular weight excluding hydrogens is 250 g/mol. The highest BCUT2D eigenvalue weighted by Gasteiger charge is 2.20. The van der Waals surface area contributed by atoms with Crippen LogP contribution in [0.2, 0.25) is 0 Å². The van der Waals surface area contributed by atoms with Crippen molar-refractivity contribution in [2.24, 2.45) is 5.73 Å². The Morgan fingerprint density at radius 1 is 1.25 bits per heavy atom. The molecule has 1 aliphatic rings. The van der Waals surface area contributed by atoms with Gasteiger partial charge in [0.1, 0.15) is 5.82 Å². The normalized spacial score (nSPS) is 18.2. The lowest BCUT2D eigenvalue weighted by Crippen LogP contribution is -2.27. The van der Waals surface area contributed by atoms with E-state index in [1.54, 1.807) is 6.20 Å². The van der Waals surface area contributed by atoms with Gasteiger partial charge in [-0.3, -0.25) is 0 Å². The van der Waals surface area contributed by atoms with Gasteiger partial charge in [0.15, 0.2) is 0 Å². The fourth-order valence-electron chi connectivity index (χ4n) is 2.38. The fraction of sp³-hybridized carbons (Fsp3) is 0.333. The summed E-state index contributed by atoms with van der Waals surface area (Å²) in [6.45, 7) is 2.56. The lowest BCUT2D eigenvalue weighted by molar-refractivity contribution is 0.751. The number of nitrogens with one attached hydrogen (secondary N) is 1. The molecule has 1 atom stereocenters. The summed E-state index contributed by atoms with van der Waals surface area (Å²) < 4.78 is 0. The predicted octanol–water partition coefficient (Wildman–Crippen LogP) is 1.63. The van der Waals surface area contributed by atoms with Gasteiger partial charge in [-0.1, -0.05) is 30.3 Å². The Labute approximate surface area is 118 Å². The third kappa shape index (κ3) is 3.05. The number of nitrogens with zero attached hydrogens (tertiary/aromatic N) is 3. The van der Waals surface area contributed by atoms with Crippen LogP contribution < -0.4 is 16.0 Å². The van der Waals surface area contributed by atoms with Crippen molar-refractivity contribution in [1.82, 2.24) is 9.97 Å². The number of aromatic nitrogens is 2. The molecule has 5 heteroatoms. The first-order valence-corrected chi connectivity index (χ1v) is 6.92. The van der Waals surface area contributed by atoms with Crippen LogP contribution in [0, 0.1) is 0 Å². The van der Waals surface area contributed by atoms with Gasteiger partial charge in [-0.2, -0.15) is 4.98 Å². The van der Waals surface area contributed by atoms with Crippen LogP contribution in [0.5, 0.6) is 0 Å². The molecule has 0 unspecified atom stereocenters. The van der Waals surface area contributed by atoms with Crippen molar-refractivity contribution in [2.75, 3.05) is 23.3 Å². The van der Waals surface area contributed by atoms with E-state index >= 15 is 0 Å². The van der Waals surface area contributed by atoms with Gasteiger partial charge in [0.2, 0.25) is 5.95 Å². The Bertz CT molecular complexity index is 557. The van der Waals surface area contributed by atoms with Crippen molar-refractivity contribution >= 4 is 11.8 Å². The highest BCUT2D eigenvalue weighted by Crippen LogP contribution is 2.18. The first kappa shape index (κ1) is 12.9. The predicted molar refractivity (Wildman–Crippen MR) is 80.6 cm³/mol. The van der Waals surface area contributed by atoms with Crippen LogP contribution in [-0.4, -0.2) is 29.1 Å². The topological polar surface area (TPSA) is 67.1 Å². The van der Waals surface area contributed by atoms with E-state index in [1.165, 1.54) is 5.56 Å². The molecule has 1 aliphatic heterocycles. The number of rotatable bonds is 4. The van der Waals surface area contributed by atoms with Gasteiger partial charge < -0.3 is 16.0 Å². The van der Waals surface area contributed by atoms with Gasteiger partial charge in [-0.05, 0) is 18.1 Å². The molecule has 1 aromatic carbocycles. The van der Waals surface area contributed by atoms with Gasteiger partial charge in [0, 0.05) is 31.9 Å². The van der Waals surface area contributed by atoms with Crippen molar-refractivity contribution < 1.29 is 0 Å². The Morgan fingerprint density at radius 2 is 2.10 bits per heavy atom. The smallest absolute Gasteiger partial charge is 0.224 e. The maximum absolute atomic E-state index is 5.93. The molecule has 3 N–H and O–H groups in total. The summed E-state index contributed by atoms with van der Waals surface area (Å²) in [5.74, 6) is 1.61. The Balaban J connectivity index is 1.65. The van der Waals surface area contributed by atoms with E-state index in [-0.39, 0.29) is 6.04 Å². The molecule has 0 amide bonds.